The molecule has 0 aliphatic carbocycles. The highest BCUT2D eigenvalue weighted by Crippen LogP contribution is 2.26. The van der Waals surface area contributed by atoms with Crippen LogP contribution in [0.3, 0.4) is 0 Å². The minimum absolute atomic E-state index is 0.117. The van der Waals surface area contributed by atoms with Gasteiger partial charge in [0.05, 0.1) is 5.69 Å². The van der Waals surface area contributed by atoms with Gasteiger partial charge in [0, 0.05) is 40.8 Å². The van der Waals surface area contributed by atoms with E-state index in [1.807, 2.05) is 49.5 Å². The summed E-state index contributed by atoms with van der Waals surface area (Å²) in [6.45, 7) is 4.08. The molecule has 0 atom stereocenters. The molecule has 0 bridgehead atoms. The summed E-state index contributed by atoms with van der Waals surface area (Å²) in [5.74, 6) is 0.194. The van der Waals surface area contributed by atoms with Crippen LogP contribution in [0, 0.1) is 18.3 Å². The topological polar surface area (TPSA) is 98.5 Å². The molecule has 8 heteroatoms. The van der Waals surface area contributed by atoms with Gasteiger partial charge in [0.2, 0.25) is 5.78 Å². The SMILES string of the molecule is Cc1ccc(C(=O)c2nn(-c3ccc(Cl)cc3)c(NCCCNCc3c[nH]c4ccccc34)c2C#N)cc1. The van der Waals surface area contributed by atoms with Crippen LogP contribution in [0.4, 0.5) is 5.82 Å². The van der Waals surface area contributed by atoms with Gasteiger partial charge in [-0.15, -0.1) is 0 Å². The van der Waals surface area contributed by atoms with Crippen LogP contribution in [0.5, 0.6) is 0 Å². The van der Waals surface area contributed by atoms with E-state index in [9.17, 15) is 10.1 Å². The molecule has 0 aliphatic rings. The number of para-hydroxylation sites is 1. The van der Waals surface area contributed by atoms with Crippen molar-refractivity contribution in [3.63, 3.8) is 0 Å². The zero-order valence-corrected chi connectivity index (χ0v) is 21.7. The number of rotatable bonds is 10. The number of H-pyrrole nitrogens is 1. The third-order valence-electron chi connectivity index (χ3n) is 6.41. The third kappa shape index (κ3) is 5.32. The summed E-state index contributed by atoms with van der Waals surface area (Å²) in [4.78, 5) is 16.6. The van der Waals surface area contributed by atoms with Crippen LogP contribution >= 0.6 is 11.6 Å². The van der Waals surface area contributed by atoms with Crippen molar-refractivity contribution in [2.45, 2.75) is 19.9 Å². The molecule has 0 saturated carbocycles. The fourth-order valence-electron chi connectivity index (χ4n) is 4.38. The number of nitrogens with zero attached hydrogens (tertiary/aromatic N) is 3. The molecule has 0 aliphatic heterocycles. The number of carbonyl (C=O) groups excluding carboxylic acids is 1. The first kappa shape index (κ1) is 25.3. The van der Waals surface area contributed by atoms with E-state index in [1.165, 1.54) is 10.9 Å². The molecule has 2 aromatic heterocycles. The highest BCUT2D eigenvalue weighted by molar-refractivity contribution is 6.30. The van der Waals surface area contributed by atoms with Crippen LogP contribution in [0.1, 0.15) is 39.2 Å². The fourth-order valence-corrected chi connectivity index (χ4v) is 4.50. The lowest BCUT2D eigenvalue weighted by Gasteiger charge is -2.11. The predicted octanol–water partition coefficient (Wildman–Crippen LogP) is 6.01. The largest absolute Gasteiger partial charge is 0.369 e. The lowest BCUT2D eigenvalue weighted by atomic mass is 10.0. The Morgan fingerprint density at radius 1 is 1.05 bits per heavy atom. The molecular weight excluding hydrogens is 496 g/mol. The molecule has 38 heavy (non-hydrogen) atoms. The molecule has 0 amide bonds. The van der Waals surface area contributed by atoms with Gasteiger partial charge in [-0.3, -0.25) is 4.79 Å². The maximum Gasteiger partial charge on any atom is 0.214 e. The van der Waals surface area contributed by atoms with E-state index in [0.29, 0.717) is 28.6 Å². The number of hydrogen-bond acceptors (Lipinski definition) is 5. The van der Waals surface area contributed by atoms with E-state index < -0.39 is 0 Å². The van der Waals surface area contributed by atoms with E-state index in [-0.39, 0.29) is 17.0 Å². The highest BCUT2D eigenvalue weighted by Gasteiger charge is 2.25. The number of hydrogen-bond donors (Lipinski definition) is 3. The Hall–Kier alpha value is -4.38. The zero-order valence-electron chi connectivity index (χ0n) is 21.0. The number of anilines is 1. The molecule has 2 heterocycles. The summed E-state index contributed by atoms with van der Waals surface area (Å²) in [5, 5.41) is 23.3. The summed E-state index contributed by atoms with van der Waals surface area (Å²) in [5.41, 5.74) is 4.93. The molecule has 3 aromatic carbocycles. The molecule has 0 saturated heterocycles. The number of aromatic nitrogens is 3. The van der Waals surface area contributed by atoms with Crippen LogP contribution in [0.2, 0.25) is 5.02 Å². The van der Waals surface area contributed by atoms with Crippen molar-refractivity contribution in [3.05, 3.63) is 112 Å². The van der Waals surface area contributed by atoms with E-state index in [1.54, 1.807) is 28.9 Å². The average Bonchev–Trinajstić information content (AvgIpc) is 3.52. The van der Waals surface area contributed by atoms with Gasteiger partial charge in [-0.05, 0) is 55.8 Å². The minimum Gasteiger partial charge on any atom is -0.369 e. The van der Waals surface area contributed by atoms with Crippen LogP contribution in [0.15, 0.2) is 79.0 Å². The van der Waals surface area contributed by atoms with E-state index in [4.69, 9.17) is 11.6 Å². The summed E-state index contributed by atoms with van der Waals surface area (Å²) in [6.07, 6.45) is 2.84. The molecule has 0 radical (unpaired) electrons. The fraction of sp³-hybridized carbons (Fsp3) is 0.167. The number of halogens is 1. The van der Waals surface area contributed by atoms with E-state index in [0.717, 1.165) is 30.6 Å². The smallest absolute Gasteiger partial charge is 0.214 e. The van der Waals surface area contributed by atoms with Gasteiger partial charge < -0.3 is 15.6 Å². The number of fused-ring (bicyclic) bond motifs is 1. The second-order valence-electron chi connectivity index (χ2n) is 9.08. The van der Waals surface area contributed by atoms with Crippen LogP contribution in [0.25, 0.3) is 16.6 Å². The van der Waals surface area contributed by atoms with Crippen molar-refractivity contribution >= 4 is 34.1 Å². The van der Waals surface area contributed by atoms with Crippen molar-refractivity contribution in [2.75, 3.05) is 18.4 Å². The molecule has 0 unspecified atom stereocenters. The molecule has 5 aromatic rings. The van der Waals surface area contributed by atoms with Gasteiger partial charge in [0.1, 0.15) is 17.5 Å². The standard InChI is InChI=1S/C30H27ClN6O/c1-20-7-9-21(10-8-20)29(38)28-26(17-32)30(37(36-28)24-13-11-23(31)12-14-24)34-16-4-15-33-18-22-19-35-27-6-3-2-5-25(22)27/h2-3,5-14,19,33-35H,4,15-16,18H2,1H3. The molecule has 0 fully saturated rings. The molecule has 3 N–H and O–H groups in total. The number of ketones is 1. The highest BCUT2D eigenvalue weighted by atomic mass is 35.5. The Balaban J connectivity index is 1.31. The Morgan fingerprint density at radius 2 is 1.82 bits per heavy atom. The van der Waals surface area contributed by atoms with Crippen molar-refractivity contribution in [2.24, 2.45) is 0 Å². The lowest BCUT2D eigenvalue weighted by molar-refractivity contribution is 0.103. The summed E-state index contributed by atoms with van der Waals surface area (Å²) >= 11 is 6.09. The molecule has 0 spiro atoms. The summed E-state index contributed by atoms with van der Waals surface area (Å²) in [7, 11) is 0. The number of nitrogens with one attached hydrogen (secondary N) is 3. The normalized spacial score (nSPS) is 11.0. The van der Waals surface area contributed by atoms with Gasteiger partial charge in [-0.2, -0.15) is 10.4 Å². The minimum atomic E-state index is -0.294. The third-order valence-corrected chi connectivity index (χ3v) is 6.66. The number of aryl methyl sites for hydroxylation is 1. The monoisotopic (exact) mass is 522 g/mol. The van der Waals surface area contributed by atoms with Crippen LogP contribution in [-0.2, 0) is 6.54 Å². The molecule has 5 rings (SSSR count). The van der Waals surface area contributed by atoms with Crippen molar-refractivity contribution in [1.82, 2.24) is 20.1 Å². The van der Waals surface area contributed by atoms with Crippen molar-refractivity contribution in [3.8, 4) is 11.8 Å². The molecule has 7 nitrogen and oxygen atoms in total. The van der Waals surface area contributed by atoms with Gasteiger partial charge >= 0.3 is 0 Å². The summed E-state index contributed by atoms with van der Waals surface area (Å²) in [6, 6.07) is 24.8. The molecular formula is C30H27ClN6O. The lowest BCUT2D eigenvalue weighted by Crippen LogP contribution is -2.18. The van der Waals surface area contributed by atoms with Gasteiger partial charge in [0.15, 0.2) is 5.69 Å². The molecule has 190 valence electrons. The van der Waals surface area contributed by atoms with Crippen LogP contribution < -0.4 is 10.6 Å². The average molecular weight is 523 g/mol. The number of carbonyl (C=O) groups is 1. The number of nitriles is 1. The van der Waals surface area contributed by atoms with Gasteiger partial charge in [0.25, 0.3) is 0 Å². The van der Waals surface area contributed by atoms with Crippen LogP contribution in [-0.4, -0.2) is 33.6 Å². The Kier molecular flexibility index (Phi) is 7.55. The summed E-state index contributed by atoms with van der Waals surface area (Å²) < 4.78 is 1.61. The first-order valence-electron chi connectivity index (χ1n) is 12.4. The number of aromatic amines is 1. The van der Waals surface area contributed by atoms with Gasteiger partial charge in [-0.25, -0.2) is 4.68 Å². The number of benzene rings is 3. The Morgan fingerprint density at radius 3 is 2.58 bits per heavy atom. The quantitative estimate of drug-likeness (QED) is 0.154. The predicted molar refractivity (Wildman–Crippen MR) is 151 cm³/mol. The maximum atomic E-state index is 13.3. The zero-order chi connectivity index (χ0) is 26.5. The first-order valence-corrected chi connectivity index (χ1v) is 12.8. The van der Waals surface area contributed by atoms with Crippen molar-refractivity contribution < 1.29 is 4.79 Å². The van der Waals surface area contributed by atoms with E-state index >= 15 is 0 Å². The first-order chi connectivity index (χ1) is 18.5. The second-order valence-corrected chi connectivity index (χ2v) is 9.52. The Bertz CT molecular complexity index is 1610. The second kappa shape index (κ2) is 11.3. The van der Waals surface area contributed by atoms with E-state index in [2.05, 4.69) is 38.9 Å². The maximum absolute atomic E-state index is 13.3. The van der Waals surface area contributed by atoms with Gasteiger partial charge in [-0.1, -0.05) is 59.6 Å². The Labute approximate surface area is 226 Å². The van der Waals surface area contributed by atoms with Crippen molar-refractivity contribution in [1.29, 1.82) is 5.26 Å².